The minimum Gasteiger partial charge on any atom is -0.344 e. The number of carbonyl (C=O) groups excluding carboxylic acids is 2. The Kier molecular flexibility index (Phi) is 5.30. The van der Waals surface area contributed by atoms with Gasteiger partial charge in [-0.3, -0.25) is 14.6 Å². The number of carbonyl (C=O) groups is 2. The normalized spacial score (nSPS) is 13.5. The van der Waals surface area contributed by atoms with Gasteiger partial charge < -0.3 is 10.6 Å². The number of pyridine rings is 1. The summed E-state index contributed by atoms with van der Waals surface area (Å²) in [5.74, 6) is -0.327. The average Bonchev–Trinajstić information content (AvgIpc) is 2.36. The molecular weight excluding hydrogens is 230 g/mol. The van der Waals surface area contributed by atoms with Gasteiger partial charge in [-0.25, -0.2) is 0 Å². The van der Waals surface area contributed by atoms with Crippen molar-refractivity contribution in [1.29, 1.82) is 0 Å². The summed E-state index contributed by atoms with van der Waals surface area (Å²) >= 11 is 0. The van der Waals surface area contributed by atoms with Crippen LogP contribution in [0.25, 0.3) is 0 Å². The van der Waals surface area contributed by atoms with Crippen molar-refractivity contribution in [2.75, 3.05) is 5.32 Å². The monoisotopic (exact) mass is 249 g/mol. The summed E-state index contributed by atoms with van der Waals surface area (Å²) in [4.78, 5) is 27.1. The second kappa shape index (κ2) is 6.74. The summed E-state index contributed by atoms with van der Waals surface area (Å²) in [5, 5.41) is 5.45. The molecule has 0 aliphatic carbocycles. The molecule has 2 atom stereocenters. The van der Waals surface area contributed by atoms with E-state index >= 15 is 0 Å². The van der Waals surface area contributed by atoms with Gasteiger partial charge in [0, 0.05) is 25.0 Å². The highest BCUT2D eigenvalue weighted by molar-refractivity contribution is 5.97. The van der Waals surface area contributed by atoms with E-state index in [1.807, 2.05) is 13.8 Å². The van der Waals surface area contributed by atoms with Crippen LogP contribution in [0.5, 0.6) is 0 Å². The summed E-state index contributed by atoms with van der Waals surface area (Å²) in [5.41, 5.74) is 0.675. The van der Waals surface area contributed by atoms with Crippen LogP contribution in [-0.4, -0.2) is 22.8 Å². The van der Waals surface area contributed by atoms with E-state index in [0.717, 1.165) is 6.42 Å². The van der Waals surface area contributed by atoms with Crippen LogP contribution in [0.4, 0.5) is 5.69 Å². The Morgan fingerprint density at radius 1 is 1.33 bits per heavy atom. The number of rotatable bonds is 5. The zero-order valence-corrected chi connectivity index (χ0v) is 10.9. The van der Waals surface area contributed by atoms with Crippen molar-refractivity contribution in [1.82, 2.24) is 10.3 Å². The first-order chi connectivity index (χ1) is 8.54. The van der Waals surface area contributed by atoms with Crippen LogP contribution in [0.1, 0.15) is 27.2 Å². The van der Waals surface area contributed by atoms with Gasteiger partial charge >= 0.3 is 0 Å². The first-order valence-corrected chi connectivity index (χ1v) is 6.02. The highest BCUT2D eigenvalue weighted by Gasteiger charge is 2.24. The third-order valence-corrected chi connectivity index (χ3v) is 2.80. The molecule has 0 radical (unpaired) electrons. The molecule has 1 rings (SSSR count). The van der Waals surface area contributed by atoms with Gasteiger partial charge in [-0.15, -0.1) is 0 Å². The van der Waals surface area contributed by atoms with Gasteiger partial charge in [0.2, 0.25) is 11.8 Å². The summed E-state index contributed by atoms with van der Waals surface area (Å²) in [6, 6.07) is 2.90. The predicted octanol–water partition coefficient (Wildman–Crippen LogP) is 1.57. The van der Waals surface area contributed by atoms with E-state index in [0.29, 0.717) is 5.69 Å². The van der Waals surface area contributed by atoms with Crippen molar-refractivity contribution in [2.24, 2.45) is 5.92 Å². The molecule has 1 aromatic rings. The molecule has 18 heavy (non-hydrogen) atoms. The molecule has 0 saturated carbocycles. The van der Waals surface area contributed by atoms with Gasteiger partial charge in [-0.1, -0.05) is 20.3 Å². The van der Waals surface area contributed by atoms with Crippen molar-refractivity contribution in [3.63, 3.8) is 0 Å². The molecule has 0 bridgehead atoms. The molecule has 1 aromatic heterocycles. The van der Waals surface area contributed by atoms with Crippen LogP contribution < -0.4 is 10.6 Å². The summed E-state index contributed by atoms with van der Waals surface area (Å²) in [7, 11) is 0. The maximum atomic E-state index is 12.1. The van der Waals surface area contributed by atoms with E-state index in [1.165, 1.54) is 6.92 Å². The molecular formula is C13H19N3O2. The molecule has 98 valence electrons. The summed E-state index contributed by atoms with van der Waals surface area (Å²) in [6.07, 6.45) is 4.02. The van der Waals surface area contributed by atoms with Crippen molar-refractivity contribution in [2.45, 2.75) is 33.2 Å². The Bertz CT molecular complexity index is 406. The third kappa shape index (κ3) is 4.16. The molecule has 0 fully saturated rings. The molecule has 2 N–H and O–H groups in total. The summed E-state index contributed by atoms with van der Waals surface area (Å²) in [6.45, 7) is 5.33. The minimum absolute atomic E-state index is 0.0794. The standard InChI is InChI=1S/C13H19N3O2/c1-4-9(2)12(15-10(3)17)13(18)16-11-5-7-14-8-6-11/h5-9,12H,4H2,1-3H3,(H,15,17)(H,14,16,18). The van der Waals surface area contributed by atoms with Crippen molar-refractivity contribution in [3.8, 4) is 0 Å². The van der Waals surface area contributed by atoms with Crippen molar-refractivity contribution >= 4 is 17.5 Å². The Labute approximate surface area is 107 Å². The fourth-order valence-electron chi connectivity index (χ4n) is 1.58. The molecule has 0 spiro atoms. The number of hydrogen-bond donors (Lipinski definition) is 2. The average molecular weight is 249 g/mol. The highest BCUT2D eigenvalue weighted by atomic mass is 16.2. The van der Waals surface area contributed by atoms with Gasteiger partial charge in [-0.2, -0.15) is 0 Å². The second-order valence-electron chi connectivity index (χ2n) is 4.29. The lowest BCUT2D eigenvalue weighted by molar-refractivity contribution is -0.126. The van der Waals surface area contributed by atoms with Crippen LogP contribution in [0.3, 0.4) is 0 Å². The molecule has 2 unspecified atom stereocenters. The highest BCUT2D eigenvalue weighted by Crippen LogP contribution is 2.11. The first kappa shape index (κ1) is 14.2. The van der Waals surface area contributed by atoms with E-state index < -0.39 is 6.04 Å². The van der Waals surface area contributed by atoms with Crippen LogP contribution >= 0.6 is 0 Å². The Balaban J connectivity index is 2.73. The van der Waals surface area contributed by atoms with Gasteiger partial charge in [0.15, 0.2) is 0 Å². The predicted molar refractivity (Wildman–Crippen MR) is 69.9 cm³/mol. The number of nitrogens with zero attached hydrogens (tertiary/aromatic N) is 1. The lowest BCUT2D eigenvalue weighted by Crippen LogP contribution is -2.46. The van der Waals surface area contributed by atoms with Gasteiger partial charge in [-0.05, 0) is 18.1 Å². The Morgan fingerprint density at radius 2 is 1.94 bits per heavy atom. The Morgan fingerprint density at radius 3 is 2.44 bits per heavy atom. The molecule has 1 heterocycles. The molecule has 0 aromatic carbocycles. The van der Waals surface area contributed by atoms with E-state index in [9.17, 15) is 9.59 Å². The van der Waals surface area contributed by atoms with Crippen molar-refractivity contribution < 1.29 is 9.59 Å². The molecule has 5 nitrogen and oxygen atoms in total. The summed E-state index contributed by atoms with van der Waals surface area (Å²) < 4.78 is 0. The number of hydrogen-bond acceptors (Lipinski definition) is 3. The maximum absolute atomic E-state index is 12.1. The van der Waals surface area contributed by atoms with Gasteiger partial charge in [0.25, 0.3) is 0 Å². The minimum atomic E-state index is -0.513. The number of nitrogens with one attached hydrogen (secondary N) is 2. The van der Waals surface area contributed by atoms with E-state index in [1.54, 1.807) is 24.5 Å². The molecule has 0 aliphatic rings. The second-order valence-corrected chi connectivity index (χ2v) is 4.29. The maximum Gasteiger partial charge on any atom is 0.247 e. The largest absolute Gasteiger partial charge is 0.344 e. The van der Waals surface area contributed by atoms with Crippen LogP contribution in [0.15, 0.2) is 24.5 Å². The first-order valence-electron chi connectivity index (χ1n) is 6.02. The number of anilines is 1. The molecule has 0 aliphatic heterocycles. The van der Waals surface area contributed by atoms with Crippen LogP contribution in [0.2, 0.25) is 0 Å². The zero-order chi connectivity index (χ0) is 13.5. The van der Waals surface area contributed by atoms with Gasteiger partial charge in [0.1, 0.15) is 6.04 Å². The smallest absolute Gasteiger partial charge is 0.247 e. The molecule has 5 heteroatoms. The lowest BCUT2D eigenvalue weighted by Gasteiger charge is -2.22. The number of aromatic nitrogens is 1. The van der Waals surface area contributed by atoms with E-state index in [4.69, 9.17) is 0 Å². The van der Waals surface area contributed by atoms with Gasteiger partial charge in [0.05, 0.1) is 0 Å². The zero-order valence-electron chi connectivity index (χ0n) is 10.9. The van der Waals surface area contributed by atoms with Crippen LogP contribution in [0, 0.1) is 5.92 Å². The molecule has 0 saturated heterocycles. The number of amides is 2. The fourth-order valence-corrected chi connectivity index (χ4v) is 1.58. The lowest BCUT2D eigenvalue weighted by atomic mass is 9.98. The SMILES string of the molecule is CCC(C)C(NC(C)=O)C(=O)Nc1ccncc1. The van der Waals surface area contributed by atoms with E-state index in [-0.39, 0.29) is 17.7 Å². The molecule has 2 amide bonds. The quantitative estimate of drug-likeness (QED) is 0.832. The topological polar surface area (TPSA) is 71.1 Å². The fraction of sp³-hybridized carbons (Fsp3) is 0.462. The third-order valence-electron chi connectivity index (χ3n) is 2.80. The van der Waals surface area contributed by atoms with E-state index in [2.05, 4.69) is 15.6 Å². The van der Waals surface area contributed by atoms with Crippen LogP contribution in [-0.2, 0) is 9.59 Å². The Hall–Kier alpha value is -1.91. The van der Waals surface area contributed by atoms with Crippen molar-refractivity contribution in [3.05, 3.63) is 24.5 Å².